The summed E-state index contributed by atoms with van der Waals surface area (Å²) in [5.41, 5.74) is 3.43. The first-order valence-corrected chi connectivity index (χ1v) is 8.98. The van der Waals surface area contributed by atoms with E-state index in [0.717, 1.165) is 16.9 Å². The normalized spacial score (nSPS) is 17.0. The summed E-state index contributed by atoms with van der Waals surface area (Å²) in [7, 11) is 1.93. The second-order valence-corrected chi connectivity index (χ2v) is 7.26. The number of rotatable bonds is 4. The van der Waals surface area contributed by atoms with Gasteiger partial charge in [0.25, 0.3) is 0 Å². The van der Waals surface area contributed by atoms with Crippen LogP contribution >= 0.6 is 0 Å². The second-order valence-electron chi connectivity index (χ2n) is 7.26. The van der Waals surface area contributed by atoms with E-state index in [0.29, 0.717) is 5.56 Å². The number of pyridine rings is 1. The number of likely N-dealkylation sites (N-methyl/N-ethyl adjacent to an activating group) is 1. The van der Waals surface area contributed by atoms with Gasteiger partial charge in [-0.15, -0.1) is 6.42 Å². The van der Waals surface area contributed by atoms with Crippen LogP contribution in [0.3, 0.4) is 0 Å². The molecule has 142 valence electrons. The fraction of sp³-hybridized carbons (Fsp3) is 0.261. The molecular weight excluding hydrogens is 352 g/mol. The Morgan fingerprint density at radius 3 is 2.57 bits per heavy atom. The molecular formula is C23H22N2O3. The van der Waals surface area contributed by atoms with Crippen molar-refractivity contribution in [3.8, 4) is 12.3 Å². The van der Waals surface area contributed by atoms with Crippen LogP contribution in [0.5, 0.6) is 0 Å². The number of terminal acetylenes is 1. The van der Waals surface area contributed by atoms with E-state index < -0.39 is 12.1 Å². The Kier molecular flexibility index (Phi) is 5.06. The van der Waals surface area contributed by atoms with Crippen molar-refractivity contribution in [1.29, 1.82) is 0 Å². The number of fused-ring (bicyclic) bond motifs is 1. The standard InChI is InChI=1S/C23H22N2O3/c1-6-16-11-12-18(24-14-16)22(27)28-15(2)20(26)13-21-23(3,4)17-9-7-8-10-19(17)25(21)5/h1,7-15H,2-5H3/b21-13+. The number of carbonyl (C=O) groups excluding carboxylic acids is 2. The molecule has 28 heavy (non-hydrogen) atoms. The maximum atomic E-state index is 12.7. The average molecular weight is 374 g/mol. The van der Waals surface area contributed by atoms with Gasteiger partial charge in [0.1, 0.15) is 5.69 Å². The van der Waals surface area contributed by atoms with Gasteiger partial charge in [0.15, 0.2) is 11.9 Å². The van der Waals surface area contributed by atoms with Crippen LogP contribution in [0.25, 0.3) is 0 Å². The van der Waals surface area contributed by atoms with Crippen LogP contribution in [0.1, 0.15) is 42.4 Å². The fourth-order valence-corrected chi connectivity index (χ4v) is 3.39. The van der Waals surface area contributed by atoms with Gasteiger partial charge in [-0.05, 0) is 30.7 Å². The molecule has 0 aliphatic carbocycles. The van der Waals surface area contributed by atoms with Crippen LogP contribution in [0.4, 0.5) is 5.69 Å². The number of ketones is 1. The SMILES string of the molecule is C#Cc1ccc(C(=O)OC(C)C(=O)/C=C2/N(C)c3ccccc3C2(C)C)nc1. The molecule has 1 unspecified atom stereocenters. The lowest BCUT2D eigenvalue weighted by Crippen LogP contribution is -2.28. The van der Waals surface area contributed by atoms with Gasteiger partial charge in [-0.2, -0.15) is 0 Å². The quantitative estimate of drug-likeness (QED) is 0.466. The number of hydrogen-bond donors (Lipinski definition) is 0. The van der Waals surface area contributed by atoms with Crippen LogP contribution in [0.2, 0.25) is 0 Å². The Balaban J connectivity index is 1.77. The molecule has 0 bridgehead atoms. The van der Waals surface area contributed by atoms with Crippen molar-refractivity contribution in [1.82, 2.24) is 4.98 Å². The Bertz CT molecular complexity index is 997. The lowest BCUT2D eigenvalue weighted by Gasteiger charge is -2.24. The van der Waals surface area contributed by atoms with Gasteiger partial charge in [-0.1, -0.05) is 38.0 Å². The molecule has 0 amide bonds. The largest absolute Gasteiger partial charge is 0.450 e. The summed E-state index contributed by atoms with van der Waals surface area (Å²) in [6, 6.07) is 11.1. The van der Waals surface area contributed by atoms with E-state index in [1.165, 1.54) is 12.3 Å². The predicted molar refractivity (Wildman–Crippen MR) is 108 cm³/mol. The predicted octanol–water partition coefficient (Wildman–Crippen LogP) is 3.49. The highest BCUT2D eigenvalue weighted by Gasteiger charge is 2.39. The van der Waals surface area contributed by atoms with Crippen molar-refractivity contribution in [2.45, 2.75) is 32.3 Å². The third-order valence-corrected chi connectivity index (χ3v) is 5.04. The highest BCUT2D eigenvalue weighted by atomic mass is 16.5. The lowest BCUT2D eigenvalue weighted by molar-refractivity contribution is -0.122. The number of allylic oxidation sites excluding steroid dienone is 1. The zero-order chi connectivity index (χ0) is 20.5. The summed E-state index contributed by atoms with van der Waals surface area (Å²) in [6.07, 6.45) is 7.33. The molecule has 5 nitrogen and oxygen atoms in total. The first kappa shape index (κ1) is 19.4. The molecule has 1 atom stereocenters. The van der Waals surface area contributed by atoms with Gasteiger partial charge in [0.2, 0.25) is 0 Å². The Labute approximate surface area is 165 Å². The molecule has 5 heteroatoms. The summed E-state index contributed by atoms with van der Waals surface area (Å²) in [4.78, 5) is 30.9. The van der Waals surface area contributed by atoms with E-state index in [1.54, 1.807) is 19.1 Å². The number of esters is 1. The highest BCUT2D eigenvalue weighted by Crippen LogP contribution is 2.46. The Hall–Kier alpha value is -3.39. The van der Waals surface area contributed by atoms with Gasteiger partial charge in [0, 0.05) is 41.7 Å². The molecule has 0 saturated carbocycles. The number of para-hydroxylation sites is 1. The van der Waals surface area contributed by atoms with Crippen molar-refractivity contribution in [2.24, 2.45) is 0 Å². The first-order chi connectivity index (χ1) is 13.3. The first-order valence-electron chi connectivity index (χ1n) is 8.98. The minimum atomic E-state index is -0.929. The van der Waals surface area contributed by atoms with Crippen LogP contribution in [-0.4, -0.2) is 29.9 Å². The van der Waals surface area contributed by atoms with Gasteiger partial charge in [-0.25, -0.2) is 9.78 Å². The van der Waals surface area contributed by atoms with E-state index in [1.807, 2.05) is 30.1 Å². The lowest BCUT2D eigenvalue weighted by atomic mass is 9.83. The minimum Gasteiger partial charge on any atom is -0.450 e. The van der Waals surface area contributed by atoms with E-state index in [4.69, 9.17) is 11.2 Å². The topological polar surface area (TPSA) is 59.5 Å². The fourth-order valence-electron chi connectivity index (χ4n) is 3.39. The van der Waals surface area contributed by atoms with Crippen LogP contribution in [0, 0.1) is 12.3 Å². The van der Waals surface area contributed by atoms with Gasteiger partial charge in [-0.3, -0.25) is 4.79 Å². The van der Waals surface area contributed by atoms with E-state index >= 15 is 0 Å². The van der Waals surface area contributed by atoms with Gasteiger partial charge in [0.05, 0.1) is 0 Å². The molecule has 0 N–H and O–H groups in total. The van der Waals surface area contributed by atoms with Crippen molar-refractivity contribution >= 4 is 17.4 Å². The van der Waals surface area contributed by atoms with Crippen LogP contribution in [0.15, 0.2) is 54.4 Å². The highest BCUT2D eigenvalue weighted by molar-refractivity contribution is 5.98. The van der Waals surface area contributed by atoms with E-state index in [9.17, 15) is 9.59 Å². The third-order valence-electron chi connectivity index (χ3n) is 5.04. The molecule has 1 aliphatic rings. The molecule has 0 radical (unpaired) electrons. The summed E-state index contributed by atoms with van der Waals surface area (Å²) < 4.78 is 5.30. The molecule has 1 aromatic heterocycles. The number of hydrogen-bond acceptors (Lipinski definition) is 5. The zero-order valence-corrected chi connectivity index (χ0v) is 16.4. The molecule has 0 spiro atoms. The van der Waals surface area contributed by atoms with Gasteiger partial charge < -0.3 is 9.64 Å². The van der Waals surface area contributed by atoms with Crippen molar-refractivity contribution < 1.29 is 14.3 Å². The summed E-state index contributed by atoms with van der Waals surface area (Å²) in [5.74, 6) is 1.49. The number of benzene rings is 1. The zero-order valence-electron chi connectivity index (χ0n) is 16.4. The van der Waals surface area contributed by atoms with E-state index in [2.05, 4.69) is 30.8 Å². The molecule has 2 aromatic rings. The molecule has 1 aromatic carbocycles. The number of anilines is 1. The van der Waals surface area contributed by atoms with Crippen molar-refractivity contribution in [2.75, 3.05) is 11.9 Å². The summed E-state index contributed by atoms with van der Waals surface area (Å²) >= 11 is 0. The number of aromatic nitrogens is 1. The molecule has 0 saturated heterocycles. The number of carbonyl (C=O) groups is 2. The van der Waals surface area contributed by atoms with Crippen molar-refractivity contribution in [3.63, 3.8) is 0 Å². The second kappa shape index (κ2) is 7.32. The van der Waals surface area contributed by atoms with Gasteiger partial charge >= 0.3 is 5.97 Å². The van der Waals surface area contributed by atoms with Crippen molar-refractivity contribution in [3.05, 3.63) is 71.2 Å². The smallest absolute Gasteiger partial charge is 0.357 e. The molecule has 3 rings (SSSR count). The Morgan fingerprint density at radius 1 is 1.25 bits per heavy atom. The van der Waals surface area contributed by atoms with E-state index in [-0.39, 0.29) is 16.9 Å². The monoisotopic (exact) mass is 374 g/mol. The summed E-state index contributed by atoms with van der Waals surface area (Å²) in [6.45, 7) is 5.70. The Morgan fingerprint density at radius 2 is 1.96 bits per heavy atom. The number of ether oxygens (including phenoxy) is 1. The maximum absolute atomic E-state index is 12.7. The molecule has 1 aliphatic heterocycles. The average Bonchev–Trinajstić information content (AvgIpc) is 2.89. The molecule has 0 fully saturated rings. The maximum Gasteiger partial charge on any atom is 0.357 e. The minimum absolute atomic E-state index is 0.108. The number of nitrogens with zero attached hydrogens (tertiary/aromatic N) is 2. The molecule has 2 heterocycles. The summed E-state index contributed by atoms with van der Waals surface area (Å²) in [5, 5.41) is 0. The van der Waals surface area contributed by atoms with Crippen LogP contribution < -0.4 is 4.90 Å². The third kappa shape index (κ3) is 3.41. The van der Waals surface area contributed by atoms with Crippen LogP contribution in [-0.2, 0) is 14.9 Å².